The third-order valence-electron chi connectivity index (χ3n) is 4.95. The molecule has 3 rings (SSSR count). The van der Waals surface area contributed by atoms with Gasteiger partial charge in [0.15, 0.2) is 0 Å². The van der Waals surface area contributed by atoms with Crippen LogP contribution in [0.1, 0.15) is 45.2 Å². The lowest BCUT2D eigenvalue weighted by molar-refractivity contribution is 0.107. The van der Waals surface area contributed by atoms with Gasteiger partial charge in [0, 0.05) is 5.92 Å². The van der Waals surface area contributed by atoms with Crippen LogP contribution in [0.2, 0.25) is 0 Å². The number of hydrogen-bond acceptors (Lipinski definition) is 6. The molecule has 150 valence electrons. The van der Waals surface area contributed by atoms with Crippen LogP contribution in [-0.4, -0.2) is 32.5 Å². The summed E-state index contributed by atoms with van der Waals surface area (Å²) in [5.74, 6) is -1.02. The minimum absolute atomic E-state index is 0.0852. The van der Waals surface area contributed by atoms with Gasteiger partial charge >= 0.3 is 0 Å². The van der Waals surface area contributed by atoms with Crippen LogP contribution in [-0.2, 0) is 5.54 Å². The van der Waals surface area contributed by atoms with E-state index in [2.05, 4.69) is 26.5 Å². The van der Waals surface area contributed by atoms with Crippen LogP contribution in [0.3, 0.4) is 0 Å². The number of hydrogen-bond donors (Lipinski definition) is 1. The molecule has 1 aliphatic carbocycles. The third kappa shape index (κ3) is 4.38. The predicted molar refractivity (Wildman–Crippen MR) is 99.5 cm³/mol. The van der Waals surface area contributed by atoms with Crippen LogP contribution in [0.15, 0.2) is 12.4 Å². The summed E-state index contributed by atoms with van der Waals surface area (Å²) >= 11 is 0. The Balaban J connectivity index is 1.72. The number of ether oxygens (including phenoxy) is 1. The van der Waals surface area contributed by atoms with Gasteiger partial charge in [-0.15, -0.1) is 0 Å². The molecule has 2 heterocycles. The minimum Gasteiger partial charge on any atom is -0.475 e. The Kier molecular flexibility index (Phi) is 5.77. The van der Waals surface area contributed by atoms with E-state index in [0.717, 1.165) is 25.5 Å². The second-order valence-corrected chi connectivity index (χ2v) is 7.59. The molecule has 28 heavy (non-hydrogen) atoms. The predicted octanol–water partition coefficient (Wildman–Crippen LogP) is 4.03. The molecule has 0 aliphatic heterocycles. The maximum atomic E-state index is 14.0. The maximum absolute atomic E-state index is 14.0. The maximum Gasteiger partial charge on any atom is 0.255 e. The first-order valence-electron chi connectivity index (χ1n) is 9.34. The fourth-order valence-corrected chi connectivity index (χ4v) is 3.09. The van der Waals surface area contributed by atoms with Gasteiger partial charge in [0.1, 0.15) is 11.7 Å². The molecule has 2 atom stereocenters. The quantitative estimate of drug-likeness (QED) is 0.801. The summed E-state index contributed by atoms with van der Waals surface area (Å²) in [4.78, 5) is 7.99. The molecular weight excluding hydrogens is 366 g/mol. The summed E-state index contributed by atoms with van der Waals surface area (Å²) in [5.41, 5.74) is 0.420. The lowest BCUT2D eigenvalue weighted by atomic mass is 9.88. The van der Waals surface area contributed by atoms with Crippen molar-refractivity contribution in [1.82, 2.24) is 19.7 Å². The minimum atomic E-state index is -0.923. The summed E-state index contributed by atoms with van der Waals surface area (Å²) in [5, 5.41) is 16.5. The van der Waals surface area contributed by atoms with Crippen molar-refractivity contribution in [3.05, 3.63) is 23.9 Å². The zero-order chi connectivity index (χ0) is 20.3. The van der Waals surface area contributed by atoms with Gasteiger partial charge in [-0.05, 0) is 33.6 Å². The Morgan fingerprint density at radius 2 is 2.14 bits per heavy atom. The summed E-state index contributed by atoms with van der Waals surface area (Å²) in [6.07, 6.45) is 4.84. The van der Waals surface area contributed by atoms with E-state index < -0.39 is 17.5 Å². The van der Waals surface area contributed by atoms with Crippen LogP contribution < -0.4 is 10.1 Å². The van der Waals surface area contributed by atoms with Crippen molar-refractivity contribution < 1.29 is 13.5 Å². The van der Waals surface area contributed by atoms with E-state index in [4.69, 9.17) is 4.74 Å². The summed E-state index contributed by atoms with van der Waals surface area (Å²) in [6, 6.07) is 2.17. The molecule has 0 bridgehead atoms. The Morgan fingerprint density at radius 3 is 2.86 bits per heavy atom. The first-order valence-corrected chi connectivity index (χ1v) is 9.34. The molecule has 0 radical (unpaired) electrons. The monoisotopic (exact) mass is 390 g/mol. The van der Waals surface area contributed by atoms with Gasteiger partial charge in [0.25, 0.3) is 5.88 Å². The molecule has 0 saturated heterocycles. The van der Waals surface area contributed by atoms with Crippen molar-refractivity contribution in [2.75, 3.05) is 11.9 Å². The van der Waals surface area contributed by atoms with Gasteiger partial charge in [0.05, 0.1) is 36.5 Å². The molecule has 9 heteroatoms. The number of nitrogens with zero attached hydrogens (tertiary/aromatic N) is 5. The van der Waals surface area contributed by atoms with Gasteiger partial charge < -0.3 is 10.1 Å². The van der Waals surface area contributed by atoms with E-state index in [0.29, 0.717) is 17.8 Å². The fourth-order valence-electron chi connectivity index (χ4n) is 3.09. The number of aryl methyl sites for hydroxylation is 1. The Bertz CT molecular complexity index is 876. The lowest BCUT2D eigenvalue weighted by Gasteiger charge is -2.25. The molecule has 1 aliphatic rings. The first-order chi connectivity index (χ1) is 13.3. The number of alkyl halides is 1. The van der Waals surface area contributed by atoms with E-state index in [9.17, 15) is 14.0 Å². The Hall–Kier alpha value is -2.76. The highest BCUT2D eigenvalue weighted by Gasteiger charge is 2.26. The van der Waals surface area contributed by atoms with Crippen molar-refractivity contribution in [2.45, 2.75) is 58.2 Å². The van der Waals surface area contributed by atoms with Crippen LogP contribution in [0.25, 0.3) is 0 Å². The van der Waals surface area contributed by atoms with E-state index in [1.165, 1.54) is 4.68 Å². The molecule has 7 nitrogen and oxygen atoms in total. The summed E-state index contributed by atoms with van der Waals surface area (Å²) in [6.45, 7) is 5.35. The number of nitriles is 1. The standard InChI is InChI=1S/C19H24F2N6O/c1-12-16(9-27(26-12)19(2,3)11-22)24-18-23-8-15(21)17(25-18)28-10-13-6-4-5-7-14(13)20/h8-9,13-14H,4-7,10H2,1-3H3,(H,23,24,25). The van der Waals surface area contributed by atoms with E-state index in [-0.39, 0.29) is 24.4 Å². The lowest BCUT2D eigenvalue weighted by Crippen LogP contribution is -2.26. The van der Waals surface area contributed by atoms with Crippen LogP contribution >= 0.6 is 0 Å². The molecule has 0 amide bonds. The molecule has 2 unspecified atom stereocenters. The van der Waals surface area contributed by atoms with Gasteiger partial charge in [-0.2, -0.15) is 19.7 Å². The number of anilines is 2. The van der Waals surface area contributed by atoms with Gasteiger partial charge in [-0.25, -0.2) is 9.37 Å². The van der Waals surface area contributed by atoms with Crippen LogP contribution in [0.4, 0.5) is 20.4 Å². The zero-order valence-electron chi connectivity index (χ0n) is 16.2. The molecule has 2 aromatic heterocycles. The highest BCUT2D eigenvalue weighted by Crippen LogP contribution is 2.28. The molecule has 1 N–H and O–H groups in total. The molecule has 1 fully saturated rings. The molecule has 2 aromatic rings. The van der Waals surface area contributed by atoms with Crippen molar-refractivity contribution >= 4 is 11.6 Å². The third-order valence-corrected chi connectivity index (χ3v) is 4.95. The number of aromatic nitrogens is 4. The van der Waals surface area contributed by atoms with E-state index in [1.54, 1.807) is 27.0 Å². The smallest absolute Gasteiger partial charge is 0.255 e. The second kappa shape index (κ2) is 8.09. The fraction of sp³-hybridized carbons (Fsp3) is 0.579. The van der Waals surface area contributed by atoms with Crippen molar-refractivity contribution in [1.29, 1.82) is 5.26 Å². The van der Waals surface area contributed by atoms with Crippen LogP contribution in [0, 0.1) is 30.0 Å². The SMILES string of the molecule is Cc1nn(C(C)(C)C#N)cc1Nc1ncc(F)c(OCC2CCCCC2F)n1. The average molecular weight is 390 g/mol. The van der Waals surface area contributed by atoms with Crippen molar-refractivity contribution in [3.63, 3.8) is 0 Å². The Labute approximate surface area is 162 Å². The van der Waals surface area contributed by atoms with Crippen LogP contribution in [0.5, 0.6) is 5.88 Å². The Morgan fingerprint density at radius 1 is 1.39 bits per heavy atom. The van der Waals surface area contributed by atoms with Crippen molar-refractivity contribution in [2.24, 2.45) is 5.92 Å². The number of nitrogens with one attached hydrogen (secondary N) is 1. The topological polar surface area (TPSA) is 88.7 Å². The molecule has 0 aromatic carbocycles. The first kappa shape index (κ1) is 20.0. The van der Waals surface area contributed by atoms with Crippen molar-refractivity contribution in [3.8, 4) is 11.9 Å². The highest BCUT2D eigenvalue weighted by atomic mass is 19.1. The second-order valence-electron chi connectivity index (χ2n) is 7.59. The van der Waals surface area contributed by atoms with Gasteiger partial charge in [-0.3, -0.25) is 4.68 Å². The zero-order valence-corrected chi connectivity index (χ0v) is 16.2. The average Bonchev–Trinajstić information content (AvgIpc) is 3.04. The molecule has 1 saturated carbocycles. The van der Waals surface area contributed by atoms with E-state index in [1.807, 2.05) is 0 Å². The van der Waals surface area contributed by atoms with Gasteiger partial charge in [-0.1, -0.05) is 12.8 Å². The highest BCUT2D eigenvalue weighted by molar-refractivity contribution is 5.55. The van der Waals surface area contributed by atoms with E-state index >= 15 is 0 Å². The molecular formula is C19H24F2N6O. The largest absolute Gasteiger partial charge is 0.475 e. The molecule has 0 spiro atoms. The number of halogens is 2. The van der Waals surface area contributed by atoms with Gasteiger partial charge in [0.2, 0.25) is 11.8 Å². The normalized spacial score (nSPS) is 19.9. The summed E-state index contributed by atoms with van der Waals surface area (Å²) in [7, 11) is 0. The summed E-state index contributed by atoms with van der Waals surface area (Å²) < 4.78 is 35.0. The number of rotatable bonds is 6.